The van der Waals surface area contributed by atoms with E-state index in [2.05, 4.69) is 10.3 Å². The average molecular weight is 436 g/mol. The van der Waals surface area contributed by atoms with Crippen LogP contribution in [0.4, 0.5) is 0 Å². The Labute approximate surface area is 185 Å². The highest BCUT2D eigenvalue weighted by molar-refractivity contribution is 5.94. The number of carbonyl (C=O) groups excluding carboxylic acids is 2. The van der Waals surface area contributed by atoms with E-state index in [9.17, 15) is 14.8 Å². The van der Waals surface area contributed by atoms with E-state index in [1.165, 1.54) is 0 Å². The molecule has 0 bridgehead atoms. The number of rotatable bonds is 6. The van der Waals surface area contributed by atoms with Crippen LogP contribution in [0.2, 0.25) is 0 Å². The molecule has 1 N–H and O–H groups in total. The molecule has 0 unspecified atom stereocenters. The lowest BCUT2D eigenvalue weighted by molar-refractivity contribution is -0.584. The fraction of sp³-hybridized carbons (Fsp3) is 0.304. The van der Waals surface area contributed by atoms with Gasteiger partial charge in [0.05, 0.1) is 13.2 Å². The summed E-state index contributed by atoms with van der Waals surface area (Å²) in [4.78, 5) is 30.8. The number of ether oxygens (including phenoxy) is 2. The van der Waals surface area contributed by atoms with Gasteiger partial charge in [0.2, 0.25) is 11.2 Å². The molecule has 1 aliphatic heterocycles. The minimum absolute atomic E-state index is 0.0296. The van der Waals surface area contributed by atoms with E-state index in [1.807, 2.05) is 12.1 Å². The fourth-order valence-electron chi connectivity index (χ4n) is 3.44. The highest BCUT2D eigenvalue weighted by atomic mass is 16.5. The van der Waals surface area contributed by atoms with Gasteiger partial charge in [-0.15, -0.1) is 0 Å². The van der Waals surface area contributed by atoms with Crippen molar-refractivity contribution in [1.29, 1.82) is 0 Å². The van der Waals surface area contributed by atoms with Crippen LogP contribution in [-0.4, -0.2) is 54.6 Å². The van der Waals surface area contributed by atoms with Gasteiger partial charge in [0.15, 0.2) is 12.3 Å². The maximum Gasteiger partial charge on any atom is 0.276 e. The average Bonchev–Trinajstić information content (AvgIpc) is 2.84. The molecule has 0 radical (unpaired) electrons. The van der Waals surface area contributed by atoms with Crippen LogP contribution in [0.15, 0.2) is 48.5 Å². The molecule has 2 heterocycles. The quantitative estimate of drug-likeness (QED) is 0.462. The van der Waals surface area contributed by atoms with Crippen LogP contribution >= 0.6 is 0 Å². The Morgan fingerprint density at radius 1 is 1.16 bits per heavy atom. The monoisotopic (exact) mass is 436 g/mol. The van der Waals surface area contributed by atoms with Crippen molar-refractivity contribution in [2.75, 3.05) is 32.9 Å². The molecule has 9 heteroatoms. The SMILES string of the molecule is Cc1c(C(=O)NCc2ccc(OCC(=O)N3CCOCC3)cc2)nc2ccccc2[n+]1[O-]. The van der Waals surface area contributed by atoms with Crippen molar-refractivity contribution in [2.24, 2.45) is 0 Å². The van der Waals surface area contributed by atoms with Crippen molar-refractivity contribution >= 4 is 22.8 Å². The summed E-state index contributed by atoms with van der Waals surface area (Å²) in [6.07, 6.45) is 0. The molecular weight excluding hydrogens is 412 g/mol. The van der Waals surface area contributed by atoms with E-state index in [4.69, 9.17) is 9.47 Å². The van der Waals surface area contributed by atoms with Gasteiger partial charge in [-0.3, -0.25) is 9.59 Å². The van der Waals surface area contributed by atoms with E-state index in [0.717, 1.165) is 10.3 Å². The molecule has 0 saturated carbocycles. The minimum Gasteiger partial charge on any atom is -0.618 e. The topological polar surface area (TPSA) is 108 Å². The zero-order chi connectivity index (χ0) is 22.5. The van der Waals surface area contributed by atoms with Crippen molar-refractivity contribution in [2.45, 2.75) is 13.5 Å². The van der Waals surface area contributed by atoms with Crippen LogP contribution in [0, 0.1) is 12.1 Å². The summed E-state index contributed by atoms with van der Waals surface area (Å²) in [7, 11) is 0. The standard InChI is InChI=1S/C23H24N4O5/c1-16-22(25-19-4-2-3-5-20(19)27(16)30)23(29)24-14-17-6-8-18(9-7-17)32-15-21(28)26-10-12-31-13-11-26/h2-9H,10-15H2,1H3,(H,24,29). The van der Waals surface area contributed by atoms with E-state index in [0.29, 0.717) is 43.1 Å². The van der Waals surface area contributed by atoms with E-state index in [1.54, 1.807) is 48.2 Å². The smallest absolute Gasteiger partial charge is 0.276 e. The van der Waals surface area contributed by atoms with E-state index < -0.39 is 5.91 Å². The number of hydrogen-bond donors (Lipinski definition) is 1. The van der Waals surface area contributed by atoms with E-state index in [-0.39, 0.29) is 30.4 Å². The van der Waals surface area contributed by atoms with Crippen LogP contribution in [-0.2, 0) is 16.1 Å². The molecule has 4 rings (SSSR count). The summed E-state index contributed by atoms with van der Waals surface area (Å²) in [6.45, 7) is 4.07. The van der Waals surface area contributed by atoms with Gasteiger partial charge >= 0.3 is 0 Å². The molecule has 1 aliphatic rings. The highest BCUT2D eigenvalue weighted by Gasteiger charge is 2.21. The number of hydrogen-bond acceptors (Lipinski definition) is 6. The molecule has 1 aromatic heterocycles. The second-order valence-electron chi connectivity index (χ2n) is 7.44. The number of morpholine rings is 1. The largest absolute Gasteiger partial charge is 0.618 e. The summed E-state index contributed by atoms with van der Waals surface area (Å²) < 4.78 is 11.5. The third-order valence-corrected chi connectivity index (χ3v) is 5.30. The number of nitrogens with zero attached hydrogens (tertiary/aromatic N) is 3. The van der Waals surface area contributed by atoms with Gasteiger partial charge in [0.1, 0.15) is 11.3 Å². The second kappa shape index (κ2) is 9.61. The first-order valence-corrected chi connectivity index (χ1v) is 10.4. The lowest BCUT2D eigenvalue weighted by Gasteiger charge is -2.26. The lowest BCUT2D eigenvalue weighted by Crippen LogP contribution is -2.42. The summed E-state index contributed by atoms with van der Waals surface area (Å²) in [6, 6.07) is 14.0. The van der Waals surface area contributed by atoms with Crippen molar-refractivity contribution in [3.63, 3.8) is 0 Å². The third-order valence-electron chi connectivity index (χ3n) is 5.30. The number of aromatic nitrogens is 2. The van der Waals surface area contributed by atoms with Crippen molar-refractivity contribution < 1.29 is 23.8 Å². The zero-order valence-corrected chi connectivity index (χ0v) is 17.7. The van der Waals surface area contributed by atoms with Gasteiger partial charge in [-0.2, -0.15) is 4.73 Å². The number of carbonyl (C=O) groups is 2. The van der Waals surface area contributed by atoms with Gasteiger partial charge in [-0.1, -0.05) is 24.3 Å². The summed E-state index contributed by atoms with van der Waals surface area (Å²) in [5.41, 5.74) is 2.07. The van der Waals surface area contributed by atoms with Gasteiger partial charge in [-0.25, -0.2) is 4.98 Å². The molecule has 2 amide bonds. The molecule has 166 valence electrons. The number of amides is 2. The second-order valence-corrected chi connectivity index (χ2v) is 7.44. The number of benzene rings is 2. The predicted octanol–water partition coefficient (Wildman–Crippen LogP) is 1.34. The molecular formula is C23H24N4O5. The first-order valence-electron chi connectivity index (χ1n) is 10.4. The fourth-order valence-corrected chi connectivity index (χ4v) is 3.44. The highest BCUT2D eigenvalue weighted by Crippen LogP contribution is 2.14. The third kappa shape index (κ3) is 4.78. The minimum atomic E-state index is -0.422. The molecule has 1 fully saturated rings. The Bertz CT molecular complexity index is 1130. The maximum absolute atomic E-state index is 12.6. The summed E-state index contributed by atoms with van der Waals surface area (Å²) in [5.74, 6) is 0.0777. The summed E-state index contributed by atoms with van der Waals surface area (Å²) in [5, 5.41) is 15.2. The number of para-hydroxylation sites is 2. The van der Waals surface area contributed by atoms with Crippen LogP contribution in [0.25, 0.3) is 11.0 Å². The molecule has 1 saturated heterocycles. The first kappa shape index (κ1) is 21.5. The first-order chi connectivity index (χ1) is 15.5. The lowest BCUT2D eigenvalue weighted by atomic mass is 10.2. The Morgan fingerprint density at radius 2 is 1.88 bits per heavy atom. The Hall–Kier alpha value is -3.72. The van der Waals surface area contributed by atoms with E-state index >= 15 is 0 Å². The molecule has 2 aromatic carbocycles. The van der Waals surface area contributed by atoms with Crippen LogP contribution in [0.1, 0.15) is 21.7 Å². The van der Waals surface area contributed by atoms with Crippen LogP contribution < -0.4 is 14.8 Å². The van der Waals surface area contributed by atoms with Crippen molar-refractivity contribution in [1.82, 2.24) is 15.2 Å². The summed E-state index contributed by atoms with van der Waals surface area (Å²) >= 11 is 0. The van der Waals surface area contributed by atoms with Gasteiger partial charge in [0.25, 0.3) is 11.8 Å². The van der Waals surface area contributed by atoms with Gasteiger partial charge in [-0.05, 0) is 23.8 Å². The molecule has 32 heavy (non-hydrogen) atoms. The Morgan fingerprint density at radius 3 is 2.62 bits per heavy atom. The van der Waals surface area contributed by atoms with Gasteiger partial charge in [0, 0.05) is 32.6 Å². The molecule has 0 atom stereocenters. The number of fused-ring (bicyclic) bond motifs is 1. The molecule has 9 nitrogen and oxygen atoms in total. The Balaban J connectivity index is 1.33. The van der Waals surface area contributed by atoms with Crippen LogP contribution in [0.5, 0.6) is 5.75 Å². The Kier molecular flexibility index (Phi) is 6.46. The van der Waals surface area contributed by atoms with Crippen LogP contribution in [0.3, 0.4) is 0 Å². The van der Waals surface area contributed by atoms with Crippen molar-refractivity contribution in [3.8, 4) is 5.75 Å². The molecule has 3 aromatic rings. The van der Waals surface area contributed by atoms with Crippen molar-refractivity contribution in [3.05, 3.63) is 70.7 Å². The van der Waals surface area contributed by atoms with Gasteiger partial charge < -0.3 is 24.9 Å². The number of nitrogens with one attached hydrogen (secondary N) is 1. The maximum atomic E-state index is 12.6. The predicted molar refractivity (Wildman–Crippen MR) is 116 cm³/mol. The zero-order valence-electron chi connectivity index (χ0n) is 17.7. The normalized spacial score (nSPS) is 13.7. The molecule has 0 aliphatic carbocycles. The molecule has 0 spiro atoms.